The minimum Gasteiger partial charge on any atom is -0.493 e. The standard InChI is InChI=1S/C22H29N7O3/c1-5-7-19-23-14(4)20-22(31)24-21(26-29(19)20)16-10-15(8-9-18(16)32-6-2)11-28-17(12-30)13(3)25-27-28/h8-10,14,20,30H,5-7,11-12H2,1-4H3,(H,24,26,31). The molecular weight excluding hydrogens is 410 g/mol. The molecule has 4 rings (SSSR count). The topological polar surface area (TPSA) is 117 Å². The Kier molecular flexibility index (Phi) is 6.22. The monoisotopic (exact) mass is 439 g/mol. The Morgan fingerprint density at radius 2 is 2.09 bits per heavy atom. The van der Waals surface area contributed by atoms with Gasteiger partial charge in [0.2, 0.25) is 0 Å². The highest BCUT2D eigenvalue weighted by Crippen LogP contribution is 2.27. The van der Waals surface area contributed by atoms with Crippen molar-refractivity contribution in [3.63, 3.8) is 0 Å². The molecule has 1 amide bonds. The van der Waals surface area contributed by atoms with Gasteiger partial charge in [-0.05, 0) is 44.9 Å². The zero-order valence-electron chi connectivity index (χ0n) is 18.9. The summed E-state index contributed by atoms with van der Waals surface area (Å²) in [5.74, 6) is 1.77. The van der Waals surface area contributed by atoms with Gasteiger partial charge in [-0.1, -0.05) is 18.2 Å². The number of ether oxygens (including phenoxy) is 1. The molecule has 2 N–H and O–H groups in total. The number of nitrogens with zero attached hydrogens (tertiary/aromatic N) is 6. The summed E-state index contributed by atoms with van der Waals surface area (Å²) in [6.07, 6.45) is 1.68. The van der Waals surface area contributed by atoms with Gasteiger partial charge in [-0.3, -0.25) is 9.79 Å². The quantitative estimate of drug-likeness (QED) is 0.645. The second-order valence-electron chi connectivity index (χ2n) is 7.96. The van der Waals surface area contributed by atoms with E-state index in [0.29, 0.717) is 41.7 Å². The molecule has 1 aromatic carbocycles. The number of hydrogen-bond acceptors (Lipinski definition) is 8. The van der Waals surface area contributed by atoms with Gasteiger partial charge in [-0.2, -0.15) is 5.10 Å². The molecule has 0 radical (unpaired) electrons. The molecule has 1 aromatic heterocycles. The number of carbonyl (C=O) groups is 1. The molecule has 2 unspecified atom stereocenters. The van der Waals surface area contributed by atoms with E-state index in [2.05, 4.69) is 27.5 Å². The number of aromatic nitrogens is 3. The predicted molar refractivity (Wildman–Crippen MR) is 120 cm³/mol. The number of fused-ring (bicyclic) bond motifs is 1. The molecule has 10 heteroatoms. The number of nitrogens with one attached hydrogen (secondary N) is 1. The highest BCUT2D eigenvalue weighted by atomic mass is 16.5. The lowest BCUT2D eigenvalue weighted by Crippen LogP contribution is -2.54. The van der Waals surface area contributed by atoms with Crippen LogP contribution in [-0.2, 0) is 17.9 Å². The lowest BCUT2D eigenvalue weighted by atomic mass is 10.1. The van der Waals surface area contributed by atoms with Gasteiger partial charge in [-0.25, -0.2) is 9.69 Å². The Labute approximate surface area is 187 Å². The Morgan fingerprint density at radius 3 is 2.81 bits per heavy atom. The molecule has 0 bridgehead atoms. The van der Waals surface area contributed by atoms with Gasteiger partial charge in [0.15, 0.2) is 11.9 Å². The number of aryl methyl sites for hydroxylation is 1. The number of amidine groups is 2. The number of carbonyl (C=O) groups excluding carboxylic acids is 1. The first-order valence-electron chi connectivity index (χ1n) is 11.0. The number of rotatable bonds is 8. The molecule has 170 valence electrons. The molecule has 0 saturated heterocycles. The van der Waals surface area contributed by atoms with Gasteiger partial charge < -0.3 is 15.2 Å². The number of aliphatic imine (C=N–C) groups is 1. The van der Waals surface area contributed by atoms with Crippen LogP contribution in [0.25, 0.3) is 0 Å². The zero-order valence-corrected chi connectivity index (χ0v) is 18.9. The zero-order chi connectivity index (χ0) is 22.8. The Hall–Kier alpha value is -3.27. The highest BCUT2D eigenvalue weighted by molar-refractivity contribution is 6.13. The van der Waals surface area contributed by atoms with E-state index >= 15 is 0 Å². The smallest absolute Gasteiger partial charge is 0.252 e. The van der Waals surface area contributed by atoms with Crippen LogP contribution in [0.2, 0.25) is 0 Å². The van der Waals surface area contributed by atoms with Crippen molar-refractivity contribution in [2.24, 2.45) is 10.1 Å². The van der Waals surface area contributed by atoms with Gasteiger partial charge in [0, 0.05) is 6.42 Å². The lowest BCUT2D eigenvalue weighted by molar-refractivity contribution is -0.124. The van der Waals surface area contributed by atoms with Crippen LogP contribution in [0, 0.1) is 6.92 Å². The summed E-state index contributed by atoms with van der Waals surface area (Å²) in [7, 11) is 0. The number of hydrazone groups is 1. The highest BCUT2D eigenvalue weighted by Gasteiger charge is 2.42. The van der Waals surface area contributed by atoms with Gasteiger partial charge in [0.25, 0.3) is 5.91 Å². The van der Waals surface area contributed by atoms with E-state index in [1.54, 1.807) is 9.69 Å². The van der Waals surface area contributed by atoms with Crippen LogP contribution in [0.1, 0.15) is 56.1 Å². The van der Waals surface area contributed by atoms with Crippen LogP contribution in [0.4, 0.5) is 0 Å². The molecule has 0 spiro atoms. The molecule has 10 nitrogen and oxygen atoms in total. The first-order valence-corrected chi connectivity index (χ1v) is 11.0. The van der Waals surface area contributed by atoms with Crippen LogP contribution in [-0.4, -0.2) is 61.4 Å². The second kappa shape index (κ2) is 9.07. The SMILES string of the molecule is CCCC1=NC(C)C2C(=O)NC(c3cc(Cn4nnc(C)c4CO)ccc3OCC)=NN12. The van der Waals surface area contributed by atoms with E-state index in [1.165, 1.54) is 0 Å². The van der Waals surface area contributed by atoms with E-state index in [4.69, 9.17) is 9.84 Å². The van der Waals surface area contributed by atoms with E-state index < -0.39 is 6.04 Å². The maximum absolute atomic E-state index is 13.0. The minimum absolute atomic E-state index is 0.125. The number of hydrogen-bond donors (Lipinski definition) is 2. The van der Waals surface area contributed by atoms with Crippen molar-refractivity contribution in [1.29, 1.82) is 0 Å². The summed E-state index contributed by atoms with van der Waals surface area (Å²) in [5, 5.41) is 27.3. The third kappa shape index (κ3) is 3.97. The van der Waals surface area contributed by atoms with Crippen molar-refractivity contribution < 1.29 is 14.6 Å². The van der Waals surface area contributed by atoms with Gasteiger partial charge in [0.1, 0.15) is 11.6 Å². The lowest BCUT2D eigenvalue weighted by Gasteiger charge is -2.30. The van der Waals surface area contributed by atoms with Crippen LogP contribution >= 0.6 is 0 Å². The van der Waals surface area contributed by atoms with E-state index in [-0.39, 0.29) is 18.6 Å². The second-order valence-corrected chi connectivity index (χ2v) is 7.96. The van der Waals surface area contributed by atoms with Crippen molar-refractivity contribution in [2.45, 2.75) is 65.8 Å². The number of amides is 1. The van der Waals surface area contributed by atoms with Crippen molar-refractivity contribution >= 4 is 17.6 Å². The van der Waals surface area contributed by atoms with Gasteiger partial charge in [-0.15, -0.1) is 5.10 Å². The van der Waals surface area contributed by atoms with Crippen molar-refractivity contribution in [3.05, 3.63) is 40.7 Å². The van der Waals surface area contributed by atoms with Crippen molar-refractivity contribution in [2.75, 3.05) is 6.61 Å². The molecule has 2 aliphatic rings. The summed E-state index contributed by atoms with van der Waals surface area (Å²) in [4.78, 5) is 17.6. The Morgan fingerprint density at radius 1 is 1.28 bits per heavy atom. The fraction of sp³-hybridized carbons (Fsp3) is 0.500. The maximum atomic E-state index is 13.0. The summed E-state index contributed by atoms with van der Waals surface area (Å²) in [5.41, 5.74) is 2.96. The average molecular weight is 440 g/mol. The molecule has 2 aromatic rings. The third-order valence-corrected chi connectivity index (χ3v) is 5.64. The summed E-state index contributed by atoms with van der Waals surface area (Å²) in [6.45, 7) is 8.51. The Bertz CT molecular complexity index is 1080. The summed E-state index contributed by atoms with van der Waals surface area (Å²) < 4.78 is 7.50. The molecule has 0 fully saturated rings. The number of benzene rings is 1. The van der Waals surface area contributed by atoms with Crippen LogP contribution in [0.5, 0.6) is 5.75 Å². The van der Waals surface area contributed by atoms with Crippen LogP contribution < -0.4 is 10.1 Å². The minimum atomic E-state index is -0.427. The third-order valence-electron chi connectivity index (χ3n) is 5.64. The first kappa shape index (κ1) is 21.9. The number of aliphatic hydroxyl groups excluding tert-OH is 1. The molecule has 0 saturated carbocycles. The van der Waals surface area contributed by atoms with Crippen LogP contribution in [0.15, 0.2) is 28.3 Å². The fourth-order valence-corrected chi connectivity index (χ4v) is 4.08. The van der Waals surface area contributed by atoms with E-state index in [0.717, 1.165) is 24.2 Å². The molecule has 2 aliphatic heterocycles. The largest absolute Gasteiger partial charge is 0.493 e. The van der Waals surface area contributed by atoms with E-state index in [1.807, 2.05) is 39.0 Å². The van der Waals surface area contributed by atoms with Gasteiger partial charge >= 0.3 is 0 Å². The maximum Gasteiger partial charge on any atom is 0.252 e. The molecular formula is C22H29N7O3. The van der Waals surface area contributed by atoms with E-state index in [9.17, 15) is 9.90 Å². The van der Waals surface area contributed by atoms with Crippen molar-refractivity contribution in [1.82, 2.24) is 25.3 Å². The van der Waals surface area contributed by atoms with Gasteiger partial charge in [0.05, 0.1) is 42.8 Å². The Balaban J connectivity index is 1.72. The summed E-state index contributed by atoms with van der Waals surface area (Å²) >= 11 is 0. The first-order chi connectivity index (χ1) is 15.5. The molecule has 2 atom stereocenters. The normalized spacial score (nSPS) is 20.0. The van der Waals surface area contributed by atoms with Crippen LogP contribution in [0.3, 0.4) is 0 Å². The summed E-state index contributed by atoms with van der Waals surface area (Å²) in [6, 6.07) is 5.16. The fourth-order valence-electron chi connectivity index (χ4n) is 4.08. The molecule has 32 heavy (non-hydrogen) atoms. The average Bonchev–Trinajstić information content (AvgIpc) is 3.28. The van der Waals surface area contributed by atoms with Crippen molar-refractivity contribution in [3.8, 4) is 5.75 Å². The number of aliphatic hydroxyl groups is 1. The molecule has 0 aliphatic carbocycles. The molecule has 3 heterocycles. The predicted octanol–water partition coefficient (Wildman–Crippen LogP) is 1.59.